The second-order valence-corrected chi connectivity index (χ2v) is 7.37. The number of nitrogens with one attached hydrogen (secondary N) is 1. The lowest BCUT2D eigenvalue weighted by Gasteiger charge is -2.12. The van der Waals surface area contributed by atoms with Crippen LogP contribution in [0.15, 0.2) is 42.1 Å². The third kappa shape index (κ3) is 4.51. The molecule has 0 bridgehead atoms. The van der Waals surface area contributed by atoms with Gasteiger partial charge in [-0.25, -0.2) is 0 Å². The van der Waals surface area contributed by atoms with Crippen LogP contribution >= 0.6 is 11.8 Å². The van der Waals surface area contributed by atoms with Crippen molar-refractivity contribution in [3.63, 3.8) is 0 Å². The molecule has 0 radical (unpaired) electrons. The van der Waals surface area contributed by atoms with Gasteiger partial charge in [0.2, 0.25) is 5.91 Å². The van der Waals surface area contributed by atoms with E-state index >= 15 is 0 Å². The SMILES string of the molecule is C=CCn1c(SCC(=O)Nc2cccc(C)c2)nnc1C1CCCC1. The molecule has 1 heterocycles. The molecule has 25 heavy (non-hydrogen) atoms. The van der Waals surface area contributed by atoms with Gasteiger partial charge in [-0.2, -0.15) is 0 Å². The van der Waals surface area contributed by atoms with Crippen LogP contribution < -0.4 is 5.32 Å². The average molecular weight is 356 g/mol. The monoisotopic (exact) mass is 356 g/mol. The van der Waals surface area contributed by atoms with E-state index in [1.807, 2.05) is 37.3 Å². The first-order valence-electron chi connectivity index (χ1n) is 8.70. The van der Waals surface area contributed by atoms with Crippen molar-refractivity contribution in [2.75, 3.05) is 11.1 Å². The lowest BCUT2D eigenvalue weighted by Crippen LogP contribution is -2.15. The van der Waals surface area contributed by atoms with Crippen LogP contribution in [0.4, 0.5) is 5.69 Å². The number of hydrogen-bond donors (Lipinski definition) is 1. The predicted octanol–water partition coefficient (Wildman–Crippen LogP) is 4.16. The van der Waals surface area contributed by atoms with E-state index in [0.29, 0.717) is 18.2 Å². The highest BCUT2D eigenvalue weighted by atomic mass is 32.2. The Morgan fingerprint density at radius 2 is 2.20 bits per heavy atom. The van der Waals surface area contributed by atoms with E-state index in [4.69, 9.17) is 0 Å². The number of aryl methyl sites for hydroxylation is 1. The molecule has 132 valence electrons. The Balaban J connectivity index is 1.64. The Labute approximate surface area is 152 Å². The number of allylic oxidation sites excluding steroid dienone is 1. The summed E-state index contributed by atoms with van der Waals surface area (Å²) in [6.07, 6.45) is 6.72. The van der Waals surface area contributed by atoms with E-state index < -0.39 is 0 Å². The predicted molar refractivity (Wildman–Crippen MR) is 102 cm³/mol. The second-order valence-electron chi connectivity index (χ2n) is 6.43. The molecule has 1 aliphatic rings. The van der Waals surface area contributed by atoms with Crippen molar-refractivity contribution in [3.8, 4) is 0 Å². The fraction of sp³-hybridized carbons (Fsp3) is 0.421. The largest absolute Gasteiger partial charge is 0.325 e. The Morgan fingerprint density at radius 3 is 2.92 bits per heavy atom. The van der Waals surface area contributed by atoms with Crippen molar-refractivity contribution in [1.82, 2.24) is 14.8 Å². The third-order valence-corrected chi connectivity index (χ3v) is 5.38. The molecule has 0 unspecified atom stereocenters. The smallest absolute Gasteiger partial charge is 0.234 e. The highest BCUT2D eigenvalue weighted by Gasteiger charge is 2.24. The first-order chi connectivity index (χ1) is 12.2. The summed E-state index contributed by atoms with van der Waals surface area (Å²) >= 11 is 1.43. The molecular weight excluding hydrogens is 332 g/mol. The molecule has 5 nitrogen and oxygen atoms in total. The van der Waals surface area contributed by atoms with Crippen molar-refractivity contribution in [2.45, 2.75) is 50.2 Å². The molecule has 3 rings (SSSR count). The lowest BCUT2D eigenvalue weighted by molar-refractivity contribution is -0.113. The Bertz CT molecular complexity index is 750. The number of carbonyl (C=O) groups excluding carboxylic acids is 1. The maximum Gasteiger partial charge on any atom is 0.234 e. The number of anilines is 1. The van der Waals surface area contributed by atoms with Gasteiger partial charge in [-0.15, -0.1) is 16.8 Å². The summed E-state index contributed by atoms with van der Waals surface area (Å²) < 4.78 is 2.10. The summed E-state index contributed by atoms with van der Waals surface area (Å²) in [5, 5.41) is 12.4. The van der Waals surface area contributed by atoms with Gasteiger partial charge in [0.25, 0.3) is 0 Å². The van der Waals surface area contributed by atoms with Crippen LogP contribution in [0.2, 0.25) is 0 Å². The fourth-order valence-corrected chi connectivity index (χ4v) is 4.00. The molecule has 0 atom stereocenters. The molecule has 0 saturated heterocycles. The highest BCUT2D eigenvalue weighted by Crippen LogP contribution is 2.34. The molecule has 1 aromatic heterocycles. The van der Waals surface area contributed by atoms with Gasteiger partial charge in [0.05, 0.1) is 5.75 Å². The van der Waals surface area contributed by atoms with Crippen molar-refractivity contribution < 1.29 is 4.79 Å². The van der Waals surface area contributed by atoms with Crippen molar-refractivity contribution in [2.24, 2.45) is 0 Å². The minimum Gasteiger partial charge on any atom is -0.325 e. The number of benzene rings is 1. The summed E-state index contributed by atoms with van der Waals surface area (Å²) in [6.45, 7) is 6.53. The van der Waals surface area contributed by atoms with Crippen LogP contribution in [0.1, 0.15) is 43.0 Å². The van der Waals surface area contributed by atoms with Gasteiger partial charge >= 0.3 is 0 Å². The van der Waals surface area contributed by atoms with Crippen molar-refractivity contribution in [1.29, 1.82) is 0 Å². The highest BCUT2D eigenvalue weighted by molar-refractivity contribution is 7.99. The molecule has 2 aromatic rings. The molecule has 1 aromatic carbocycles. The van der Waals surface area contributed by atoms with Crippen molar-refractivity contribution in [3.05, 3.63) is 48.3 Å². The van der Waals surface area contributed by atoms with E-state index in [9.17, 15) is 4.79 Å². The van der Waals surface area contributed by atoms with Crippen LogP contribution in [0.25, 0.3) is 0 Å². The molecule has 1 amide bonds. The van der Waals surface area contributed by atoms with Gasteiger partial charge in [0.15, 0.2) is 5.16 Å². The summed E-state index contributed by atoms with van der Waals surface area (Å²) in [4.78, 5) is 12.2. The normalized spacial score (nSPS) is 14.6. The minimum absolute atomic E-state index is 0.0360. The number of aromatic nitrogens is 3. The van der Waals surface area contributed by atoms with E-state index in [-0.39, 0.29) is 5.91 Å². The lowest BCUT2D eigenvalue weighted by atomic mass is 10.1. The zero-order valence-electron chi connectivity index (χ0n) is 14.6. The van der Waals surface area contributed by atoms with Gasteiger partial charge in [-0.1, -0.05) is 42.8 Å². The Kier molecular flexibility index (Phi) is 5.91. The van der Waals surface area contributed by atoms with Crippen LogP contribution in [0, 0.1) is 6.92 Å². The maximum absolute atomic E-state index is 12.2. The van der Waals surface area contributed by atoms with Gasteiger partial charge in [0.1, 0.15) is 5.82 Å². The molecule has 0 spiro atoms. The van der Waals surface area contributed by atoms with Crippen LogP contribution in [0.5, 0.6) is 0 Å². The van der Waals surface area contributed by atoms with Gasteiger partial charge in [-0.3, -0.25) is 4.79 Å². The maximum atomic E-state index is 12.2. The van der Waals surface area contributed by atoms with Gasteiger partial charge < -0.3 is 9.88 Å². The number of amides is 1. The van der Waals surface area contributed by atoms with E-state index in [0.717, 1.165) is 22.2 Å². The summed E-state index contributed by atoms with van der Waals surface area (Å²) in [6, 6.07) is 7.80. The summed E-state index contributed by atoms with van der Waals surface area (Å²) in [5.74, 6) is 1.81. The van der Waals surface area contributed by atoms with Gasteiger partial charge in [0, 0.05) is 18.2 Å². The first-order valence-corrected chi connectivity index (χ1v) is 9.69. The van der Waals surface area contributed by atoms with Crippen LogP contribution in [-0.2, 0) is 11.3 Å². The van der Waals surface area contributed by atoms with Gasteiger partial charge in [-0.05, 0) is 37.5 Å². The number of rotatable bonds is 7. The molecule has 1 N–H and O–H groups in total. The molecule has 6 heteroatoms. The first kappa shape index (κ1) is 17.7. The number of nitrogens with zero attached hydrogens (tertiary/aromatic N) is 3. The van der Waals surface area contributed by atoms with Crippen LogP contribution in [0.3, 0.4) is 0 Å². The third-order valence-electron chi connectivity index (χ3n) is 4.41. The van der Waals surface area contributed by atoms with E-state index in [1.54, 1.807) is 0 Å². The zero-order chi connectivity index (χ0) is 17.6. The van der Waals surface area contributed by atoms with Crippen LogP contribution in [-0.4, -0.2) is 26.4 Å². The second kappa shape index (κ2) is 8.34. The Morgan fingerprint density at radius 1 is 1.40 bits per heavy atom. The number of thioether (sulfide) groups is 1. The standard InChI is InChI=1S/C19H24N4OS/c1-3-11-23-18(15-8-4-5-9-15)21-22-19(23)25-13-17(24)20-16-10-6-7-14(2)12-16/h3,6-7,10,12,15H,1,4-5,8-9,11,13H2,2H3,(H,20,24). The zero-order valence-corrected chi connectivity index (χ0v) is 15.4. The Hall–Kier alpha value is -2.08. The van der Waals surface area contributed by atoms with Crippen molar-refractivity contribution >= 4 is 23.4 Å². The quantitative estimate of drug-likeness (QED) is 0.598. The molecule has 1 aliphatic carbocycles. The number of carbonyl (C=O) groups is 1. The number of hydrogen-bond acceptors (Lipinski definition) is 4. The molecule has 0 aliphatic heterocycles. The van der Waals surface area contributed by atoms with E-state index in [2.05, 4.69) is 26.7 Å². The summed E-state index contributed by atoms with van der Waals surface area (Å²) in [5.41, 5.74) is 1.95. The van der Waals surface area contributed by atoms with E-state index in [1.165, 1.54) is 37.4 Å². The minimum atomic E-state index is -0.0360. The fourth-order valence-electron chi connectivity index (χ4n) is 3.24. The summed E-state index contributed by atoms with van der Waals surface area (Å²) in [7, 11) is 0. The molecule has 1 saturated carbocycles. The average Bonchev–Trinajstić information content (AvgIpc) is 3.23. The topological polar surface area (TPSA) is 59.8 Å². The molecular formula is C19H24N4OS. The molecule has 1 fully saturated rings.